The molecule has 0 fully saturated rings. The molecule has 2 atom stereocenters. The van der Waals surface area contributed by atoms with Gasteiger partial charge in [0, 0.05) is 34.5 Å². The lowest BCUT2D eigenvalue weighted by Crippen LogP contribution is -2.17. The first kappa shape index (κ1) is 17.2. The van der Waals surface area contributed by atoms with Crippen LogP contribution >= 0.6 is 11.8 Å². The number of aromatic amines is 1. The average Bonchev–Trinajstić information content (AvgIpc) is 3.24. The van der Waals surface area contributed by atoms with Crippen LogP contribution in [0.2, 0.25) is 0 Å². The van der Waals surface area contributed by atoms with Crippen molar-refractivity contribution >= 4 is 11.8 Å². The molecule has 3 aromatic rings. The Bertz CT molecular complexity index is 917. The first-order valence-electron chi connectivity index (χ1n) is 8.10. The smallest absolute Gasteiger partial charge is 0.164 e. The van der Waals surface area contributed by atoms with E-state index in [9.17, 15) is 13.2 Å². The minimum Gasteiger partial charge on any atom is -0.368 e. The van der Waals surface area contributed by atoms with Gasteiger partial charge in [0.1, 0.15) is 11.6 Å². The second-order valence-electron chi connectivity index (χ2n) is 6.02. The van der Waals surface area contributed by atoms with Gasteiger partial charge in [0.2, 0.25) is 0 Å². The van der Waals surface area contributed by atoms with Crippen LogP contribution in [-0.4, -0.2) is 15.2 Å². The lowest BCUT2D eigenvalue weighted by Gasteiger charge is -2.20. The van der Waals surface area contributed by atoms with Crippen LogP contribution in [0.1, 0.15) is 23.1 Å². The number of rotatable bonds is 5. The van der Waals surface area contributed by atoms with E-state index in [1.54, 1.807) is 18.5 Å². The summed E-state index contributed by atoms with van der Waals surface area (Å²) in [5, 5.41) is -0.0467. The Labute approximate surface area is 152 Å². The number of thioether (sulfide) groups is 1. The van der Waals surface area contributed by atoms with E-state index in [0.29, 0.717) is 6.42 Å². The van der Waals surface area contributed by atoms with Crippen molar-refractivity contribution in [3.63, 3.8) is 0 Å². The molecular formula is C19H15F3N2OS. The molecule has 2 heterocycles. The number of hydrogen-bond acceptors (Lipinski definition) is 3. The molecule has 0 saturated heterocycles. The Hall–Kier alpha value is -2.25. The number of nitrogens with zero attached hydrogens (tertiary/aromatic N) is 1. The zero-order valence-corrected chi connectivity index (χ0v) is 14.4. The normalized spacial score (nSPS) is 18.9. The van der Waals surface area contributed by atoms with Crippen LogP contribution in [0.15, 0.2) is 53.7 Å². The zero-order valence-electron chi connectivity index (χ0n) is 13.6. The maximum absolute atomic E-state index is 13.9. The Balaban J connectivity index is 1.58. The molecule has 0 unspecified atom stereocenters. The number of nitrogens with one attached hydrogen (secondary N) is 1. The van der Waals surface area contributed by atoms with Gasteiger partial charge >= 0.3 is 0 Å². The van der Waals surface area contributed by atoms with E-state index in [0.717, 1.165) is 22.3 Å². The van der Waals surface area contributed by atoms with Crippen LogP contribution in [0.3, 0.4) is 0 Å². The van der Waals surface area contributed by atoms with Gasteiger partial charge < -0.3 is 9.72 Å². The fraction of sp³-hybridized carbons (Fsp3) is 0.211. The predicted molar refractivity (Wildman–Crippen MR) is 92.2 cm³/mol. The van der Waals surface area contributed by atoms with Gasteiger partial charge in [-0.3, -0.25) is 0 Å². The summed E-state index contributed by atoms with van der Waals surface area (Å²) in [6.07, 6.45) is 3.62. The van der Waals surface area contributed by atoms with Gasteiger partial charge in [-0.2, -0.15) is 0 Å². The van der Waals surface area contributed by atoms with E-state index >= 15 is 0 Å². The minimum absolute atomic E-state index is 0.0467. The highest BCUT2D eigenvalue weighted by Gasteiger charge is 2.35. The van der Waals surface area contributed by atoms with Crippen LogP contribution in [0.25, 0.3) is 0 Å². The summed E-state index contributed by atoms with van der Waals surface area (Å²) >= 11 is 1.51. The maximum Gasteiger partial charge on any atom is 0.164 e. The Morgan fingerprint density at radius 3 is 2.85 bits per heavy atom. The number of fused-ring (bicyclic) bond motifs is 1. The summed E-state index contributed by atoms with van der Waals surface area (Å²) in [5.41, 5.74) is 1.01. The zero-order chi connectivity index (χ0) is 18.1. The molecular weight excluding hydrogens is 361 g/mol. The van der Waals surface area contributed by atoms with E-state index < -0.39 is 11.6 Å². The second kappa shape index (κ2) is 7.17. The number of imidazole rings is 1. The highest BCUT2D eigenvalue weighted by atomic mass is 32.2. The molecule has 1 aliphatic rings. The number of ether oxygens (including phenoxy) is 1. The largest absolute Gasteiger partial charge is 0.368 e. The first-order chi connectivity index (χ1) is 12.6. The number of hydrogen-bond donors (Lipinski definition) is 1. The summed E-state index contributed by atoms with van der Waals surface area (Å²) < 4.78 is 46.8. The van der Waals surface area contributed by atoms with Crippen molar-refractivity contribution in [3.8, 4) is 0 Å². The predicted octanol–water partition coefficient (Wildman–Crippen LogP) is 4.80. The van der Waals surface area contributed by atoms with Crippen molar-refractivity contribution in [2.45, 2.75) is 29.3 Å². The summed E-state index contributed by atoms with van der Waals surface area (Å²) in [6, 6.07) is 8.56. The molecule has 0 amide bonds. The van der Waals surface area contributed by atoms with Crippen molar-refractivity contribution in [1.82, 2.24) is 9.97 Å². The molecule has 0 aliphatic carbocycles. The molecule has 1 N–H and O–H groups in total. The molecule has 0 saturated carbocycles. The van der Waals surface area contributed by atoms with Gasteiger partial charge in [0.05, 0.1) is 12.7 Å². The number of H-pyrrole nitrogens is 1. The van der Waals surface area contributed by atoms with E-state index in [1.165, 1.54) is 36.0 Å². The van der Waals surface area contributed by atoms with Gasteiger partial charge in [-0.15, -0.1) is 11.8 Å². The molecule has 0 bridgehead atoms. The van der Waals surface area contributed by atoms with Crippen LogP contribution in [-0.2, 0) is 17.8 Å². The van der Waals surface area contributed by atoms with Crippen molar-refractivity contribution in [2.24, 2.45) is 0 Å². The molecule has 26 heavy (non-hydrogen) atoms. The van der Waals surface area contributed by atoms with Gasteiger partial charge in [-0.1, -0.05) is 18.2 Å². The lowest BCUT2D eigenvalue weighted by molar-refractivity contribution is 0.0373. The van der Waals surface area contributed by atoms with Crippen molar-refractivity contribution in [3.05, 3.63) is 83.2 Å². The molecule has 3 nitrogen and oxygen atoms in total. The van der Waals surface area contributed by atoms with Crippen molar-refractivity contribution < 1.29 is 17.9 Å². The molecule has 0 radical (unpaired) electrons. The summed E-state index contributed by atoms with van der Waals surface area (Å²) in [5.74, 6) is -1.33. The number of benzene rings is 2. The second-order valence-corrected chi connectivity index (χ2v) is 7.30. The van der Waals surface area contributed by atoms with Gasteiger partial charge in [0.25, 0.3) is 0 Å². The maximum atomic E-state index is 13.9. The first-order valence-corrected chi connectivity index (χ1v) is 8.98. The van der Waals surface area contributed by atoms with Crippen molar-refractivity contribution in [2.75, 3.05) is 0 Å². The molecule has 7 heteroatoms. The Morgan fingerprint density at radius 2 is 2.04 bits per heavy atom. The minimum atomic E-state index is -0.903. The fourth-order valence-corrected chi connectivity index (χ4v) is 4.47. The number of aromatic nitrogens is 2. The third-order valence-corrected chi connectivity index (χ3v) is 5.62. The molecule has 134 valence electrons. The highest BCUT2D eigenvalue weighted by Crippen LogP contribution is 2.47. The molecule has 1 aliphatic heterocycles. The lowest BCUT2D eigenvalue weighted by atomic mass is 10.0. The molecule has 0 spiro atoms. The molecule has 1 aromatic heterocycles. The van der Waals surface area contributed by atoms with Crippen LogP contribution in [0, 0.1) is 17.5 Å². The SMILES string of the molecule is Fc1ccc2c(c1)S[C@H](Cc1ncc[nH]1)[C@@H]2OCc1cccc(F)c1F. The Morgan fingerprint density at radius 1 is 1.15 bits per heavy atom. The van der Waals surface area contributed by atoms with E-state index in [-0.39, 0.29) is 29.3 Å². The van der Waals surface area contributed by atoms with Gasteiger partial charge in [0.15, 0.2) is 11.6 Å². The summed E-state index contributed by atoms with van der Waals surface area (Å²) in [4.78, 5) is 8.08. The average molecular weight is 376 g/mol. The topological polar surface area (TPSA) is 37.9 Å². The third-order valence-electron chi connectivity index (χ3n) is 4.30. The quantitative estimate of drug-likeness (QED) is 0.695. The fourth-order valence-electron chi connectivity index (χ4n) is 3.06. The third kappa shape index (κ3) is 3.37. The van der Waals surface area contributed by atoms with E-state index in [2.05, 4.69) is 9.97 Å². The Kier molecular flexibility index (Phi) is 4.74. The molecule has 2 aromatic carbocycles. The highest BCUT2D eigenvalue weighted by molar-refractivity contribution is 8.00. The number of halogens is 3. The van der Waals surface area contributed by atoms with Crippen molar-refractivity contribution in [1.29, 1.82) is 0 Å². The van der Waals surface area contributed by atoms with Gasteiger partial charge in [-0.05, 0) is 23.8 Å². The van der Waals surface area contributed by atoms with E-state index in [4.69, 9.17) is 4.74 Å². The van der Waals surface area contributed by atoms with Crippen LogP contribution in [0.5, 0.6) is 0 Å². The molecule has 4 rings (SSSR count). The summed E-state index contributed by atoms with van der Waals surface area (Å²) in [6.45, 7) is -0.0692. The standard InChI is InChI=1S/C19H15F3N2OS/c20-12-4-5-13-15(8-12)26-16(9-17-23-6-7-24-17)19(13)25-10-11-2-1-3-14(21)18(11)22/h1-8,16,19H,9-10H2,(H,23,24)/t16-,19-/m1/s1. The van der Waals surface area contributed by atoms with Crippen LogP contribution < -0.4 is 0 Å². The van der Waals surface area contributed by atoms with Gasteiger partial charge in [-0.25, -0.2) is 18.2 Å². The van der Waals surface area contributed by atoms with Crippen LogP contribution in [0.4, 0.5) is 13.2 Å². The van der Waals surface area contributed by atoms with E-state index in [1.807, 2.05) is 0 Å². The monoisotopic (exact) mass is 376 g/mol. The summed E-state index contributed by atoms with van der Waals surface area (Å²) in [7, 11) is 0.